The Morgan fingerprint density at radius 1 is 1.20 bits per heavy atom. The van der Waals surface area contributed by atoms with Crippen LogP contribution in [0.4, 0.5) is 13.2 Å². The number of aromatic amines is 1. The Morgan fingerprint density at radius 2 is 1.94 bits per heavy atom. The van der Waals surface area contributed by atoms with Crippen molar-refractivity contribution in [2.75, 3.05) is 20.6 Å². The van der Waals surface area contributed by atoms with Gasteiger partial charge in [-0.15, -0.1) is 0 Å². The normalized spacial score (nSPS) is 20.7. The van der Waals surface area contributed by atoms with E-state index in [1.165, 1.54) is 18.5 Å². The highest BCUT2D eigenvalue weighted by molar-refractivity contribution is 5.79. The van der Waals surface area contributed by atoms with Crippen molar-refractivity contribution < 1.29 is 18.0 Å². The second kappa shape index (κ2) is 9.81. The number of aromatic nitrogens is 2. The fourth-order valence-corrected chi connectivity index (χ4v) is 4.77. The summed E-state index contributed by atoms with van der Waals surface area (Å²) in [5.74, 6) is -1.01. The predicted octanol–water partition coefficient (Wildman–Crippen LogP) is 4.03. The molecule has 6 nitrogen and oxygen atoms in total. The van der Waals surface area contributed by atoms with E-state index in [1.54, 1.807) is 18.2 Å². The van der Waals surface area contributed by atoms with Crippen LogP contribution in [0.25, 0.3) is 10.9 Å². The number of fused-ring (bicyclic) bond motifs is 1. The lowest BCUT2D eigenvalue weighted by atomic mass is 9.93. The Morgan fingerprint density at radius 3 is 2.63 bits per heavy atom. The number of amides is 1. The molecule has 0 saturated heterocycles. The average Bonchev–Trinajstić information content (AvgIpc) is 3.57. The zero-order chi connectivity index (χ0) is 25.2. The molecule has 186 valence electrons. The number of hydrogen-bond acceptors (Lipinski definition) is 4. The summed E-state index contributed by atoms with van der Waals surface area (Å²) in [7, 11) is 3.80. The van der Waals surface area contributed by atoms with Gasteiger partial charge < -0.3 is 15.2 Å². The SMILES string of the molecule is CN(C)[C@H](CNC(=O)CC[C@@]1(C(F)(F)F)C[C@@H]1c1ccncc1)Cc1ccc2[nH]c(=O)ccc2c1. The number of halogens is 3. The third kappa shape index (κ3) is 5.56. The van der Waals surface area contributed by atoms with Crippen molar-refractivity contribution in [3.8, 4) is 0 Å². The molecule has 1 aliphatic rings. The number of nitrogens with zero attached hydrogens (tertiary/aromatic N) is 2. The first-order valence-electron chi connectivity index (χ1n) is 11.6. The van der Waals surface area contributed by atoms with Crippen molar-refractivity contribution in [2.45, 2.75) is 43.8 Å². The summed E-state index contributed by atoms with van der Waals surface area (Å²) in [6.45, 7) is 0.322. The highest BCUT2D eigenvalue weighted by Gasteiger charge is 2.70. The summed E-state index contributed by atoms with van der Waals surface area (Å²) in [5, 5.41) is 3.74. The second-order valence-corrected chi connectivity index (χ2v) is 9.56. The number of benzene rings is 1. The van der Waals surface area contributed by atoms with Gasteiger partial charge in [-0.25, -0.2) is 0 Å². The summed E-state index contributed by atoms with van der Waals surface area (Å²) < 4.78 is 41.7. The molecule has 0 bridgehead atoms. The lowest BCUT2D eigenvalue weighted by Gasteiger charge is -2.25. The Balaban J connectivity index is 1.35. The van der Waals surface area contributed by atoms with E-state index < -0.39 is 17.5 Å². The highest BCUT2D eigenvalue weighted by atomic mass is 19.4. The van der Waals surface area contributed by atoms with Crippen molar-refractivity contribution in [2.24, 2.45) is 5.41 Å². The minimum Gasteiger partial charge on any atom is -0.355 e. The van der Waals surface area contributed by atoms with E-state index in [4.69, 9.17) is 0 Å². The first-order valence-corrected chi connectivity index (χ1v) is 11.6. The summed E-state index contributed by atoms with van der Waals surface area (Å²) >= 11 is 0. The Labute approximate surface area is 201 Å². The molecule has 3 aromatic rings. The quantitative estimate of drug-likeness (QED) is 0.479. The largest absolute Gasteiger partial charge is 0.395 e. The fraction of sp³-hybridized carbons (Fsp3) is 0.423. The van der Waals surface area contributed by atoms with Crippen LogP contribution in [0, 0.1) is 5.41 Å². The van der Waals surface area contributed by atoms with Crippen LogP contribution < -0.4 is 10.9 Å². The Kier molecular flexibility index (Phi) is 6.98. The van der Waals surface area contributed by atoms with E-state index in [1.807, 2.05) is 37.2 Å². The molecule has 0 radical (unpaired) electrons. The molecule has 0 unspecified atom stereocenters. The topological polar surface area (TPSA) is 78.1 Å². The summed E-state index contributed by atoms with van der Waals surface area (Å²) in [6.07, 6.45) is -1.14. The molecule has 9 heteroatoms. The number of carbonyl (C=O) groups excluding carboxylic acids is 1. The summed E-state index contributed by atoms with van der Waals surface area (Å²) in [5.41, 5.74) is 0.389. The number of alkyl halides is 3. The monoisotopic (exact) mass is 486 g/mol. The van der Waals surface area contributed by atoms with E-state index in [-0.39, 0.29) is 36.8 Å². The molecular weight excluding hydrogens is 457 g/mol. The van der Waals surface area contributed by atoms with Gasteiger partial charge in [0.05, 0.1) is 5.41 Å². The Bertz CT molecular complexity index is 1240. The van der Waals surface area contributed by atoms with Gasteiger partial charge in [-0.1, -0.05) is 6.07 Å². The number of rotatable bonds is 9. The van der Waals surface area contributed by atoms with E-state index in [2.05, 4.69) is 15.3 Å². The lowest BCUT2D eigenvalue weighted by molar-refractivity contribution is -0.191. The second-order valence-electron chi connectivity index (χ2n) is 9.56. The summed E-state index contributed by atoms with van der Waals surface area (Å²) in [6, 6.07) is 12.2. The van der Waals surface area contributed by atoms with Crippen molar-refractivity contribution in [1.29, 1.82) is 0 Å². The molecule has 2 heterocycles. The van der Waals surface area contributed by atoms with E-state index >= 15 is 0 Å². The molecule has 1 saturated carbocycles. The zero-order valence-electron chi connectivity index (χ0n) is 19.7. The third-order valence-electron chi connectivity index (χ3n) is 7.07. The smallest absolute Gasteiger partial charge is 0.355 e. The van der Waals surface area contributed by atoms with Crippen LogP contribution in [0.15, 0.2) is 59.7 Å². The molecule has 4 rings (SSSR count). The number of pyridine rings is 2. The molecule has 1 fully saturated rings. The molecule has 35 heavy (non-hydrogen) atoms. The van der Waals surface area contributed by atoms with Gasteiger partial charge in [-0.2, -0.15) is 13.2 Å². The van der Waals surface area contributed by atoms with Crippen LogP contribution in [-0.4, -0.2) is 53.6 Å². The van der Waals surface area contributed by atoms with Crippen LogP contribution in [0.1, 0.15) is 36.3 Å². The molecule has 3 atom stereocenters. The summed E-state index contributed by atoms with van der Waals surface area (Å²) in [4.78, 5) is 32.7. The van der Waals surface area contributed by atoms with Crippen LogP contribution in [0.3, 0.4) is 0 Å². The van der Waals surface area contributed by atoms with Crippen LogP contribution in [0.2, 0.25) is 0 Å². The first kappa shape index (κ1) is 24.9. The van der Waals surface area contributed by atoms with Gasteiger partial charge in [0.25, 0.3) is 0 Å². The van der Waals surface area contributed by atoms with E-state index in [0.717, 1.165) is 16.5 Å². The number of likely N-dealkylation sites (N-methyl/N-ethyl adjacent to an activating group) is 1. The number of hydrogen-bond donors (Lipinski definition) is 2. The van der Waals surface area contributed by atoms with Crippen LogP contribution in [-0.2, 0) is 11.2 Å². The standard InChI is InChI=1S/C26H29F3N4O2/c1-33(2)20(14-17-3-5-22-19(13-17)4-6-24(35)32-22)16-31-23(34)7-10-25(26(27,28)29)15-21(25)18-8-11-30-12-9-18/h3-6,8-9,11-13,20-21H,7,10,14-16H2,1-2H3,(H,31,34)(H,32,35)/t20-,21+,25+/m0/s1. The molecule has 0 spiro atoms. The van der Waals surface area contributed by atoms with Gasteiger partial charge in [-0.05, 0) is 86.1 Å². The number of H-pyrrole nitrogens is 1. The molecule has 1 aromatic carbocycles. The van der Waals surface area contributed by atoms with E-state index in [9.17, 15) is 22.8 Å². The minimum atomic E-state index is -4.37. The maximum atomic E-state index is 13.9. The van der Waals surface area contributed by atoms with E-state index in [0.29, 0.717) is 18.5 Å². The highest BCUT2D eigenvalue weighted by Crippen LogP contribution is 2.69. The van der Waals surface area contributed by atoms with Crippen LogP contribution >= 0.6 is 0 Å². The maximum absolute atomic E-state index is 13.9. The molecule has 2 aromatic heterocycles. The predicted molar refractivity (Wildman–Crippen MR) is 128 cm³/mol. The first-order chi connectivity index (χ1) is 16.6. The van der Waals surface area contributed by atoms with Crippen LogP contribution in [0.5, 0.6) is 0 Å². The number of nitrogens with one attached hydrogen (secondary N) is 2. The van der Waals surface area contributed by atoms with Gasteiger partial charge >= 0.3 is 6.18 Å². The van der Waals surface area contributed by atoms with Crippen molar-refractivity contribution in [1.82, 2.24) is 20.2 Å². The third-order valence-corrected chi connectivity index (χ3v) is 7.07. The Hall–Kier alpha value is -3.20. The van der Waals surface area contributed by atoms with Crippen molar-refractivity contribution in [3.63, 3.8) is 0 Å². The molecular formula is C26H29F3N4O2. The fourth-order valence-electron chi connectivity index (χ4n) is 4.77. The van der Waals surface area contributed by atoms with Gasteiger partial charge in [-0.3, -0.25) is 14.6 Å². The van der Waals surface area contributed by atoms with Gasteiger partial charge in [0.1, 0.15) is 0 Å². The minimum absolute atomic E-state index is 0.00133. The van der Waals surface area contributed by atoms with Crippen molar-refractivity contribution >= 4 is 16.8 Å². The molecule has 1 amide bonds. The number of carbonyl (C=O) groups is 1. The maximum Gasteiger partial charge on any atom is 0.395 e. The molecule has 2 N–H and O–H groups in total. The molecule has 0 aliphatic heterocycles. The lowest BCUT2D eigenvalue weighted by Crippen LogP contribution is -2.42. The van der Waals surface area contributed by atoms with Gasteiger partial charge in [0.15, 0.2) is 0 Å². The average molecular weight is 487 g/mol. The van der Waals surface area contributed by atoms with Crippen molar-refractivity contribution in [3.05, 3.63) is 76.3 Å². The zero-order valence-corrected chi connectivity index (χ0v) is 19.7. The van der Waals surface area contributed by atoms with Gasteiger partial charge in [0, 0.05) is 43.0 Å². The van der Waals surface area contributed by atoms with Gasteiger partial charge in [0.2, 0.25) is 11.5 Å². The molecule has 1 aliphatic carbocycles.